The molecule has 2 aromatic carbocycles. The highest BCUT2D eigenvalue weighted by Crippen LogP contribution is 2.38. The number of carbonyl (C=O) groups excluding carboxylic acids is 1. The molecule has 1 amide bonds. The summed E-state index contributed by atoms with van der Waals surface area (Å²) in [5, 5.41) is 23.6. The van der Waals surface area contributed by atoms with E-state index in [0.717, 1.165) is 41.7 Å². The monoisotopic (exact) mass is 507 g/mol. The summed E-state index contributed by atoms with van der Waals surface area (Å²) in [5.74, 6) is -0.0634. The fraction of sp³-hybridized carbons (Fsp3) is 0.192. The van der Waals surface area contributed by atoms with Crippen LogP contribution in [0.2, 0.25) is 10.0 Å². The lowest BCUT2D eigenvalue weighted by molar-refractivity contribution is -0.112. The Labute approximate surface area is 211 Å². The molecular formula is C26H19Cl2N3O2S. The number of hydrogen-bond acceptors (Lipinski definition) is 5. The van der Waals surface area contributed by atoms with Crippen LogP contribution < -0.4 is 10.1 Å². The maximum Gasteiger partial charge on any atom is 0.266 e. The minimum atomic E-state index is -0.562. The van der Waals surface area contributed by atoms with Crippen LogP contribution in [0.3, 0.4) is 0 Å². The Morgan fingerprint density at radius 1 is 1.15 bits per heavy atom. The molecule has 34 heavy (non-hydrogen) atoms. The lowest BCUT2D eigenvalue weighted by Gasteiger charge is -2.11. The highest BCUT2D eigenvalue weighted by atomic mass is 35.5. The summed E-state index contributed by atoms with van der Waals surface area (Å²) in [6.45, 7) is 0.196. The Balaban J connectivity index is 1.55. The van der Waals surface area contributed by atoms with Crippen LogP contribution in [-0.2, 0) is 24.2 Å². The molecule has 1 aliphatic rings. The average Bonchev–Trinajstić information content (AvgIpc) is 3.19. The van der Waals surface area contributed by atoms with Gasteiger partial charge in [0.25, 0.3) is 5.91 Å². The number of hydrogen-bond donors (Lipinski definition) is 1. The van der Waals surface area contributed by atoms with E-state index in [9.17, 15) is 15.3 Å². The first-order chi connectivity index (χ1) is 16.5. The van der Waals surface area contributed by atoms with Crippen LogP contribution >= 0.6 is 34.5 Å². The zero-order valence-corrected chi connectivity index (χ0v) is 20.4. The van der Waals surface area contributed by atoms with Gasteiger partial charge in [0.05, 0.1) is 5.56 Å². The van der Waals surface area contributed by atoms with E-state index < -0.39 is 5.91 Å². The number of thiophene rings is 1. The number of nitriles is 2. The quantitative estimate of drug-likeness (QED) is 0.289. The number of halogens is 2. The normalized spacial score (nSPS) is 12.9. The maximum atomic E-state index is 12.9. The summed E-state index contributed by atoms with van der Waals surface area (Å²) >= 11 is 13.6. The highest BCUT2D eigenvalue weighted by Gasteiger charge is 2.23. The Kier molecular flexibility index (Phi) is 7.55. The number of nitrogens with zero attached hydrogens (tertiary/aromatic N) is 2. The number of amides is 1. The lowest BCUT2D eigenvalue weighted by atomic mass is 9.96. The first-order valence-corrected chi connectivity index (χ1v) is 12.2. The second-order valence-corrected chi connectivity index (χ2v) is 9.66. The highest BCUT2D eigenvalue weighted by molar-refractivity contribution is 7.16. The molecule has 0 saturated carbocycles. The topological polar surface area (TPSA) is 85.9 Å². The fourth-order valence-corrected chi connectivity index (χ4v) is 5.47. The van der Waals surface area contributed by atoms with Crippen LogP contribution in [0.4, 0.5) is 5.00 Å². The lowest BCUT2D eigenvalue weighted by Crippen LogP contribution is -2.13. The number of anilines is 1. The van der Waals surface area contributed by atoms with E-state index in [4.69, 9.17) is 27.9 Å². The maximum absolute atomic E-state index is 12.9. The molecule has 0 aliphatic heterocycles. The van der Waals surface area contributed by atoms with E-state index in [2.05, 4.69) is 11.4 Å². The minimum absolute atomic E-state index is 0.0872. The van der Waals surface area contributed by atoms with Crippen molar-refractivity contribution in [1.29, 1.82) is 10.5 Å². The van der Waals surface area contributed by atoms with Crippen molar-refractivity contribution in [2.75, 3.05) is 5.32 Å². The second-order valence-electron chi connectivity index (χ2n) is 7.71. The molecule has 0 unspecified atom stereocenters. The van der Waals surface area contributed by atoms with E-state index >= 15 is 0 Å². The van der Waals surface area contributed by atoms with Gasteiger partial charge in [-0.2, -0.15) is 10.5 Å². The molecule has 1 aromatic heterocycles. The molecule has 1 aliphatic carbocycles. The predicted octanol–water partition coefficient (Wildman–Crippen LogP) is 6.93. The van der Waals surface area contributed by atoms with Crippen molar-refractivity contribution in [1.82, 2.24) is 0 Å². The van der Waals surface area contributed by atoms with Gasteiger partial charge in [-0.05, 0) is 55.5 Å². The Morgan fingerprint density at radius 3 is 2.71 bits per heavy atom. The van der Waals surface area contributed by atoms with Crippen molar-refractivity contribution in [3.05, 3.63) is 85.2 Å². The molecule has 0 saturated heterocycles. The standard InChI is InChI=1S/C26H19Cl2N3O2S/c27-19-10-9-17(22(28)12-19)15-33-23-7-3-1-5-16(23)11-18(13-29)25(32)31-26-21(14-30)20-6-2-4-8-24(20)34-26/h1,3,5,7,9-12H,2,4,6,8,15H2,(H,31,32)/b18-11+. The average molecular weight is 508 g/mol. The Bertz CT molecular complexity index is 1370. The zero-order valence-electron chi connectivity index (χ0n) is 18.0. The molecule has 4 rings (SSSR count). The van der Waals surface area contributed by atoms with E-state index in [1.54, 1.807) is 42.5 Å². The molecule has 5 nitrogen and oxygen atoms in total. The number of nitrogens with one attached hydrogen (secondary N) is 1. The third kappa shape index (κ3) is 5.26. The van der Waals surface area contributed by atoms with Crippen LogP contribution in [0.1, 0.15) is 40.0 Å². The molecule has 0 bridgehead atoms. The van der Waals surface area contributed by atoms with Crippen molar-refractivity contribution in [3.8, 4) is 17.9 Å². The number of para-hydroxylation sites is 1. The number of benzene rings is 2. The van der Waals surface area contributed by atoms with E-state index in [0.29, 0.717) is 31.9 Å². The second kappa shape index (κ2) is 10.8. The molecule has 0 atom stereocenters. The van der Waals surface area contributed by atoms with Crippen molar-refractivity contribution in [2.45, 2.75) is 32.3 Å². The van der Waals surface area contributed by atoms with Gasteiger partial charge in [-0.15, -0.1) is 11.3 Å². The van der Waals surface area contributed by atoms with Crippen LogP contribution in [0, 0.1) is 22.7 Å². The SMILES string of the molecule is N#C/C(=C\c1ccccc1OCc1ccc(Cl)cc1Cl)C(=O)Nc1sc2c(c1C#N)CCCC2. The van der Waals surface area contributed by atoms with E-state index in [1.807, 2.05) is 6.07 Å². The number of fused-ring (bicyclic) bond motifs is 1. The minimum Gasteiger partial charge on any atom is -0.488 e. The van der Waals surface area contributed by atoms with E-state index in [1.165, 1.54) is 17.4 Å². The van der Waals surface area contributed by atoms with Crippen molar-refractivity contribution < 1.29 is 9.53 Å². The smallest absolute Gasteiger partial charge is 0.266 e. The summed E-state index contributed by atoms with van der Waals surface area (Å²) in [5.41, 5.74) is 2.78. The predicted molar refractivity (Wildman–Crippen MR) is 135 cm³/mol. The largest absolute Gasteiger partial charge is 0.488 e. The fourth-order valence-electron chi connectivity index (χ4n) is 3.77. The van der Waals surface area contributed by atoms with Crippen molar-refractivity contribution >= 4 is 51.5 Å². The molecule has 0 spiro atoms. The van der Waals surface area contributed by atoms with Gasteiger partial charge in [0.1, 0.15) is 35.1 Å². The summed E-state index contributed by atoms with van der Waals surface area (Å²) in [7, 11) is 0. The van der Waals surface area contributed by atoms with Crippen molar-refractivity contribution in [2.24, 2.45) is 0 Å². The van der Waals surface area contributed by atoms with Crippen molar-refractivity contribution in [3.63, 3.8) is 0 Å². The molecule has 3 aromatic rings. The van der Waals surface area contributed by atoms with Crippen LogP contribution in [0.15, 0.2) is 48.0 Å². The molecule has 1 heterocycles. The Morgan fingerprint density at radius 2 is 1.94 bits per heavy atom. The molecule has 0 radical (unpaired) electrons. The van der Waals surface area contributed by atoms with Crippen LogP contribution in [0.25, 0.3) is 6.08 Å². The van der Waals surface area contributed by atoms with Gasteiger partial charge in [-0.25, -0.2) is 0 Å². The third-order valence-electron chi connectivity index (χ3n) is 5.49. The molecule has 8 heteroatoms. The van der Waals surface area contributed by atoms with Crippen LogP contribution in [0.5, 0.6) is 5.75 Å². The molecule has 170 valence electrons. The van der Waals surface area contributed by atoms with Crippen LogP contribution in [-0.4, -0.2) is 5.91 Å². The Hall–Kier alpha value is -3.29. The van der Waals surface area contributed by atoms with Gasteiger partial charge >= 0.3 is 0 Å². The zero-order chi connectivity index (χ0) is 24.1. The van der Waals surface area contributed by atoms with E-state index in [-0.39, 0.29) is 12.2 Å². The number of rotatable bonds is 6. The van der Waals surface area contributed by atoms with Gasteiger partial charge in [-0.1, -0.05) is 47.5 Å². The molecular weight excluding hydrogens is 489 g/mol. The van der Waals surface area contributed by atoms with Gasteiger partial charge in [0, 0.05) is 26.0 Å². The van der Waals surface area contributed by atoms with Gasteiger partial charge in [0.2, 0.25) is 0 Å². The summed E-state index contributed by atoms with van der Waals surface area (Å²) < 4.78 is 5.92. The first-order valence-electron chi connectivity index (χ1n) is 10.6. The number of aryl methyl sites for hydroxylation is 1. The first kappa shape index (κ1) is 23.9. The summed E-state index contributed by atoms with van der Waals surface area (Å²) in [6.07, 6.45) is 5.34. The van der Waals surface area contributed by atoms with Gasteiger partial charge < -0.3 is 10.1 Å². The number of carbonyl (C=O) groups is 1. The van der Waals surface area contributed by atoms with Gasteiger partial charge in [0.15, 0.2) is 0 Å². The molecule has 1 N–H and O–H groups in total. The van der Waals surface area contributed by atoms with Gasteiger partial charge in [-0.3, -0.25) is 4.79 Å². The molecule has 0 fully saturated rings. The summed E-state index contributed by atoms with van der Waals surface area (Å²) in [4.78, 5) is 14.1. The summed E-state index contributed by atoms with van der Waals surface area (Å²) in [6, 6.07) is 16.4. The number of ether oxygens (including phenoxy) is 1. The third-order valence-corrected chi connectivity index (χ3v) is 7.29.